The van der Waals surface area contributed by atoms with Crippen LogP contribution in [0.2, 0.25) is 0 Å². The van der Waals surface area contributed by atoms with Crippen LogP contribution in [0.25, 0.3) is 11.1 Å². The fourth-order valence-electron chi connectivity index (χ4n) is 4.00. The Morgan fingerprint density at radius 1 is 0.968 bits per heavy atom. The summed E-state index contributed by atoms with van der Waals surface area (Å²) in [6, 6.07) is 15.6. The van der Waals surface area contributed by atoms with Gasteiger partial charge < -0.3 is 19.7 Å². The molecular formula is C24H24N4O3. The van der Waals surface area contributed by atoms with E-state index >= 15 is 0 Å². The molecule has 1 unspecified atom stereocenters. The molecule has 2 aromatic carbocycles. The summed E-state index contributed by atoms with van der Waals surface area (Å²) in [7, 11) is 0. The maximum absolute atomic E-state index is 12.9. The molecule has 7 heteroatoms. The van der Waals surface area contributed by atoms with Crippen molar-refractivity contribution in [3.63, 3.8) is 0 Å². The van der Waals surface area contributed by atoms with Crippen molar-refractivity contribution in [3.8, 4) is 22.6 Å². The van der Waals surface area contributed by atoms with Gasteiger partial charge >= 0.3 is 0 Å². The van der Waals surface area contributed by atoms with Crippen LogP contribution in [0, 0.1) is 5.92 Å². The zero-order chi connectivity index (χ0) is 21.0. The lowest BCUT2D eigenvalue weighted by atomic mass is 9.97. The number of ether oxygens (including phenoxy) is 2. The molecule has 158 valence electrons. The van der Waals surface area contributed by atoms with E-state index in [0.29, 0.717) is 37.2 Å². The number of anilines is 2. The summed E-state index contributed by atoms with van der Waals surface area (Å²) in [6.45, 7) is 2.51. The number of rotatable bonds is 4. The Bertz CT molecular complexity index is 1060. The fourth-order valence-corrected chi connectivity index (χ4v) is 4.00. The molecule has 1 N–H and O–H groups in total. The molecule has 3 aromatic rings. The smallest absolute Gasteiger partial charge is 0.229 e. The van der Waals surface area contributed by atoms with Gasteiger partial charge in [0, 0.05) is 42.8 Å². The molecule has 1 aromatic heterocycles. The van der Waals surface area contributed by atoms with Gasteiger partial charge in [-0.15, -0.1) is 0 Å². The van der Waals surface area contributed by atoms with Crippen molar-refractivity contribution >= 4 is 17.5 Å². The van der Waals surface area contributed by atoms with Gasteiger partial charge in [-0.25, -0.2) is 9.97 Å². The number of carbonyl (C=O) groups is 1. The van der Waals surface area contributed by atoms with E-state index < -0.39 is 0 Å². The van der Waals surface area contributed by atoms with E-state index in [4.69, 9.17) is 9.47 Å². The number of fused-ring (bicyclic) bond motifs is 1. The molecule has 0 aliphatic carbocycles. The predicted octanol–water partition coefficient (Wildman–Crippen LogP) is 3.77. The van der Waals surface area contributed by atoms with Crippen LogP contribution in [-0.4, -0.2) is 42.2 Å². The largest absolute Gasteiger partial charge is 0.486 e. The van der Waals surface area contributed by atoms with Crippen LogP contribution in [-0.2, 0) is 4.79 Å². The first-order valence-electron chi connectivity index (χ1n) is 10.6. The second kappa shape index (κ2) is 8.63. The lowest BCUT2D eigenvalue weighted by Crippen LogP contribution is -2.41. The topological polar surface area (TPSA) is 76.6 Å². The third kappa shape index (κ3) is 4.30. The first-order chi connectivity index (χ1) is 15.3. The number of benzene rings is 2. The molecule has 2 aliphatic rings. The minimum absolute atomic E-state index is 0.00211. The van der Waals surface area contributed by atoms with Gasteiger partial charge in [-0.2, -0.15) is 0 Å². The second-order valence-corrected chi connectivity index (χ2v) is 7.77. The predicted molar refractivity (Wildman–Crippen MR) is 118 cm³/mol. The van der Waals surface area contributed by atoms with E-state index in [1.165, 1.54) is 0 Å². The second-order valence-electron chi connectivity index (χ2n) is 7.77. The summed E-state index contributed by atoms with van der Waals surface area (Å²) in [5, 5.41) is 3.02. The first-order valence-corrected chi connectivity index (χ1v) is 10.6. The molecule has 0 bridgehead atoms. The van der Waals surface area contributed by atoms with Crippen LogP contribution >= 0.6 is 0 Å². The normalized spacial score (nSPS) is 17.8. The molecule has 31 heavy (non-hydrogen) atoms. The van der Waals surface area contributed by atoms with E-state index in [0.717, 1.165) is 36.2 Å². The van der Waals surface area contributed by atoms with E-state index in [2.05, 4.69) is 20.2 Å². The molecule has 1 amide bonds. The minimum atomic E-state index is -0.126. The Labute approximate surface area is 181 Å². The van der Waals surface area contributed by atoms with E-state index in [-0.39, 0.29) is 11.8 Å². The van der Waals surface area contributed by atoms with Gasteiger partial charge in [-0.05, 0) is 30.5 Å². The standard InChI is InChI=1S/C24H24N4O3/c29-23(27-20-8-9-21-22(13-20)31-12-11-30-21)18-7-4-10-28(16-18)24-25-14-19(15-26-24)17-5-2-1-3-6-17/h1-3,5-6,8-9,13-15,18H,4,7,10-12,16H2,(H,27,29). The molecule has 1 atom stereocenters. The highest BCUT2D eigenvalue weighted by Crippen LogP contribution is 2.33. The summed E-state index contributed by atoms with van der Waals surface area (Å²) < 4.78 is 11.1. The molecular weight excluding hydrogens is 392 g/mol. The molecule has 0 saturated carbocycles. The third-order valence-corrected chi connectivity index (χ3v) is 5.63. The Hall–Kier alpha value is -3.61. The minimum Gasteiger partial charge on any atom is -0.486 e. The Morgan fingerprint density at radius 2 is 1.74 bits per heavy atom. The number of piperidine rings is 1. The summed E-state index contributed by atoms with van der Waals surface area (Å²) in [5.74, 6) is 1.92. The lowest BCUT2D eigenvalue weighted by Gasteiger charge is -2.32. The van der Waals surface area contributed by atoms with Gasteiger partial charge in [0.15, 0.2) is 11.5 Å². The van der Waals surface area contributed by atoms with Crippen molar-refractivity contribution in [2.45, 2.75) is 12.8 Å². The van der Waals surface area contributed by atoms with Gasteiger partial charge in [0.2, 0.25) is 11.9 Å². The number of nitrogens with zero attached hydrogens (tertiary/aromatic N) is 3. The Kier molecular flexibility index (Phi) is 5.39. The quantitative estimate of drug-likeness (QED) is 0.698. The molecule has 0 spiro atoms. The van der Waals surface area contributed by atoms with Crippen LogP contribution in [0.1, 0.15) is 12.8 Å². The van der Waals surface area contributed by atoms with Crippen molar-refractivity contribution in [3.05, 3.63) is 60.9 Å². The molecule has 1 fully saturated rings. The van der Waals surface area contributed by atoms with Crippen molar-refractivity contribution in [2.24, 2.45) is 5.92 Å². The third-order valence-electron chi connectivity index (χ3n) is 5.63. The molecule has 2 aliphatic heterocycles. The highest BCUT2D eigenvalue weighted by molar-refractivity contribution is 5.93. The summed E-state index contributed by atoms with van der Waals surface area (Å²) >= 11 is 0. The van der Waals surface area contributed by atoms with Gasteiger partial charge in [-0.1, -0.05) is 30.3 Å². The van der Waals surface area contributed by atoms with Crippen LogP contribution in [0.5, 0.6) is 11.5 Å². The maximum Gasteiger partial charge on any atom is 0.229 e. The van der Waals surface area contributed by atoms with Crippen molar-refractivity contribution in [1.29, 1.82) is 0 Å². The van der Waals surface area contributed by atoms with Crippen molar-refractivity contribution in [1.82, 2.24) is 9.97 Å². The zero-order valence-corrected chi connectivity index (χ0v) is 17.2. The van der Waals surface area contributed by atoms with E-state index in [9.17, 15) is 4.79 Å². The summed E-state index contributed by atoms with van der Waals surface area (Å²) in [5.41, 5.74) is 2.79. The summed E-state index contributed by atoms with van der Waals surface area (Å²) in [4.78, 5) is 24.1. The van der Waals surface area contributed by atoms with Crippen LogP contribution in [0.15, 0.2) is 60.9 Å². The van der Waals surface area contributed by atoms with Crippen molar-refractivity contribution < 1.29 is 14.3 Å². The number of aromatic nitrogens is 2. The van der Waals surface area contributed by atoms with Gasteiger partial charge in [0.25, 0.3) is 0 Å². The van der Waals surface area contributed by atoms with E-state index in [1.807, 2.05) is 60.9 Å². The average molecular weight is 416 g/mol. The Balaban J connectivity index is 1.24. The Morgan fingerprint density at radius 3 is 2.55 bits per heavy atom. The zero-order valence-electron chi connectivity index (χ0n) is 17.2. The number of nitrogens with one attached hydrogen (secondary N) is 1. The van der Waals surface area contributed by atoms with Crippen LogP contribution in [0.3, 0.4) is 0 Å². The van der Waals surface area contributed by atoms with E-state index in [1.54, 1.807) is 0 Å². The number of hydrogen-bond acceptors (Lipinski definition) is 6. The highest BCUT2D eigenvalue weighted by Gasteiger charge is 2.27. The van der Waals surface area contributed by atoms with Crippen LogP contribution in [0.4, 0.5) is 11.6 Å². The number of hydrogen-bond donors (Lipinski definition) is 1. The highest BCUT2D eigenvalue weighted by atomic mass is 16.6. The average Bonchev–Trinajstić information content (AvgIpc) is 2.85. The molecule has 1 saturated heterocycles. The SMILES string of the molecule is O=C(Nc1ccc2c(c1)OCCO2)C1CCCN(c2ncc(-c3ccccc3)cn2)C1. The van der Waals surface area contributed by atoms with Gasteiger partial charge in [0.1, 0.15) is 13.2 Å². The van der Waals surface area contributed by atoms with Gasteiger partial charge in [0.05, 0.1) is 5.92 Å². The first kappa shape index (κ1) is 19.4. The molecule has 7 nitrogen and oxygen atoms in total. The monoisotopic (exact) mass is 416 g/mol. The lowest BCUT2D eigenvalue weighted by molar-refractivity contribution is -0.120. The van der Waals surface area contributed by atoms with Gasteiger partial charge in [-0.3, -0.25) is 4.79 Å². The molecule has 5 rings (SSSR count). The molecule has 0 radical (unpaired) electrons. The fraction of sp³-hybridized carbons (Fsp3) is 0.292. The number of carbonyl (C=O) groups excluding carboxylic acids is 1. The summed E-state index contributed by atoms with van der Waals surface area (Å²) in [6.07, 6.45) is 5.45. The number of amides is 1. The van der Waals surface area contributed by atoms with Crippen LogP contribution < -0.4 is 19.7 Å². The molecule has 3 heterocycles. The van der Waals surface area contributed by atoms with Crippen molar-refractivity contribution in [2.75, 3.05) is 36.5 Å². The maximum atomic E-state index is 12.9.